The molecular weight excluding hydrogens is 220 g/mol. The molecule has 1 N–H and O–H groups in total. The number of anilines is 1. The maximum Gasteiger partial charge on any atom is 0.203 e. The molecule has 0 fully saturated rings. The molecule has 2 rings (SSSR count). The number of nitrogens with one attached hydrogen (secondary N) is 1. The third kappa shape index (κ3) is 2.82. The van der Waals surface area contributed by atoms with Crippen LogP contribution < -0.4 is 5.32 Å². The zero-order chi connectivity index (χ0) is 11.4. The van der Waals surface area contributed by atoms with E-state index in [1.54, 1.807) is 11.3 Å². The van der Waals surface area contributed by atoms with Gasteiger partial charge in [-0.1, -0.05) is 13.8 Å². The maximum absolute atomic E-state index is 4.30. The van der Waals surface area contributed by atoms with Gasteiger partial charge in [0.1, 0.15) is 0 Å². The van der Waals surface area contributed by atoms with Crippen molar-refractivity contribution in [3.8, 4) is 0 Å². The molecule has 16 heavy (non-hydrogen) atoms. The van der Waals surface area contributed by atoms with Crippen LogP contribution in [-0.4, -0.2) is 21.1 Å². The summed E-state index contributed by atoms with van der Waals surface area (Å²) in [5.74, 6) is 1.53. The topological polar surface area (TPSA) is 42.7 Å². The van der Waals surface area contributed by atoms with Gasteiger partial charge in [0.25, 0.3) is 0 Å². The standard InChI is InChI=1S/C11H16N4S/c1-9(2)5-13-11-12-3-4-15(11)6-10-7-16-8-14-10/h3-4,7-9H,5-6H2,1-2H3,(H,12,13). The van der Waals surface area contributed by atoms with Crippen LogP contribution in [0.1, 0.15) is 19.5 Å². The summed E-state index contributed by atoms with van der Waals surface area (Å²) in [6.45, 7) is 6.08. The van der Waals surface area contributed by atoms with Crippen molar-refractivity contribution in [3.63, 3.8) is 0 Å². The minimum absolute atomic E-state index is 0.615. The fourth-order valence-electron chi connectivity index (χ4n) is 1.39. The highest BCUT2D eigenvalue weighted by atomic mass is 32.1. The lowest BCUT2D eigenvalue weighted by atomic mass is 10.2. The summed E-state index contributed by atoms with van der Waals surface area (Å²) in [4.78, 5) is 8.57. The van der Waals surface area contributed by atoms with Gasteiger partial charge in [-0.3, -0.25) is 0 Å². The molecule has 0 radical (unpaired) electrons. The predicted molar refractivity (Wildman–Crippen MR) is 66.8 cm³/mol. The summed E-state index contributed by atoms with van der Waals surface area (Å²) < 4.78 is 2.08. The molecule has 0 aromatic carbocycles. The Morgan fingerprint density at radius 1 is 1.44 bits per heavy atom. The molecule has 86 valence electrons. The third-order valence-electron chi connectivity index (χ3n) is 2.20. The molecule has 0 saturated carbocycles. The van der Waals surface area contributed by atoms with Crippen LogP contribution in [0.15, 0.2) is 23.3 Å². The van der Waals surface area contributed by atoms with E-state index in [9.17, 15) is 0 Å². The molecule has 0 aliphatic carbocycles. The van der Waals surface area contributed by atoms with E-state index < -0.39 is 0 Å². The van der Waals surface area contributed by atoms with Gasteiger partial charge in [-0.25, -0.2) is 9.97 Å². The monoisotopic (exact) mass is 236 g/mol. The number of imidazole rings is 1. The third-order valence-corrected chi connectivity index (χ3v) is 2.83. The minimum atomic E-state index is 0.615. The summed E-state index contributed by atoms with van der Waals surface area (Å²) in [5.41, 5.74) is 2.93. The van der Waals surface area contributed by atoms with Crippen LogP contribution in [-0.2, 0) is 6.54 Å². The first kappa shape index (κ1) is 11.1. The van der Waals surface area contributed by atoms with Crippen molar-refractivity contribution in [2.45, 2.75) is 20.4 Å². The van der Waals surface area contributed by atoms with Gasteiger partial charge in [0, 0.05) is 24.3 Å². The molecule has 0 amide bonds. The van der Waals surface area contributed by atoms with Crippen LogP contribution in [0.25, 0.3) is 0 Å². The Labute approximate surface area is 99.4 Å². The molecule has 2 aromatic rings. The zero-order valence-electron chi connectivity index (χ0n) is 9.55. The van der Waals surface area contributed by atoms with Crippen molar-refractivity contribution in [2.75, 3.05) is 11.9 Å². The van der Waals surface area contributed by atoms with E-state index in [4.69, 9.17) is 0 Å². The molecule has 0 saturated heterocycles. The first-order chi connectivity index (χ1) is 7.75. The largest absolute Gasteiger partial charge is 0.355 e. The second kappa shape index (κ2) is 5.12. The van der Waals surface area contributed by atoms with Gasteiger partial charge >= 0.3 is 0 Å². The normalized spacial score (nSPS) is 10.9. The lowest BCUT2D eigenvalue weighted by Gasteiger charge is -2.10. The van der Waals surface area contributed by atoms with Crippen molar-refractivity contribution < 1.29 is 0 Å². The minimum Gasteiger partial charge on any atom is -0.355 e. The number of aromatic nitrogens is 3. The molecule has 2 aromatic heterocycles. The van der Waals surface area contributed by atoms with Crippen LogP contribution in [0.4, 0.5) is 5.95 Å². The van der Waals surface area contributed by atoms with Gasteiger partial charge < -0.3 is 9.88 Å². The first-order valence-corrected chi connectivity index (χ1v) is 6.32. The van der Waals surface area contributed by atoms with E-state index in [1.807, 2.05) is 17.9 Å². The zero-order valence-corrected chi connectivity index (χ0v) is 10.4. The molecule has 2 heterocycles. The smallest absolute Gasteiger partial charge is 0.203 e. The summed E-state index contributed by atoms with van der Waals surface area (Å²) in [6, 6.07) is 0. The lowest BCUT2D eigenvalue weighted by Crippen LogP contribution is -2.13. The average molecular weight is 236 g/mol. The number of nitrogens with zero attached hydrogens (tertiary/aromatic N) is 3. The van der Waals surface area contributed by atoms with E-state index in [-0.39, 0.29) is 0 Å². The van der Waals surface area contributed by atoms with Crippen LogP contribution >= 0.6 is 11.3 Å². The fourth-order valence-corrected chi connectivity index (χ4v) is 1.94. The highest BCUT2D eigenvalue weighted by Crippen LogP contribution is 2.10. The van der Waals surface area contributed by atoms with Crippen LogP contribution in [0.2, 0.25) is 0 Å². The number of thiazole rings is 1. The number of hydrogen-bond donors (Lipinski definition) is 1. The number of hydrogen-bond acceptors (Lipinski definition) is 4. The van der Waals surface area contributed by atoms with E-state index in [0.29, 0.717) is 5.92 Å². The van der Waals surface area contributed by atoms with Crippen molar-refractivity contribution in [2.24, 2.45) is 5.92 Å². The lowest BCUT2D eigenvalue weighted by molar-refractivity contribution is 0.675. The second-order valence-corrected chi connectivity index (χ2v) is 4.85. The number of rotatable bonds is 5. The molecule has 0 bridgehead atoms. The van der Waals surface area contributed by atoms with Crippen molar-refractivity contribution in [1.29, 1.82) is 0 Å². The highest BCUT2D eigenvalue weighted by molar-refractivity contribution is 7.07. The molecule has 4 nitrogen and oxygen atoms in total. The molecule has 5 heteroatoms. The van der Waals surface area contributed by atoms with Gasteiger partial charge in [0.05, 0.1) is 17.7 Å². The van der Waals surface area contributed by atoms with Gasteiger partial charge in [0.2, 0.25) is 5.95 Å². The Balaban J connectivity index is 2.01. The highest BCUT2D eigenvalue weighted by Gasteiger charge is 2.04. The Hall–Kier alpha value is -1.36. The van der Waals surface area contributed by atoms with Crippen molar-refractivity contribution in [3.05, 3.63) is 29.0 Å². The van der Waals surface area contributed by atoms with E-state index >= 15 is 0 Å². The Morgan fingerprint density at radius 2 is 2.31 bits per heavy atom. The van der Waals surface area contributed by atoms with Gasteiger partial charge in [-0.15, -0.1) is 11.3 Å². The Bertz CT molecular complexity index is 419. The predicted octanol–water partition coefficient (Wildman–Crippen LogP) is 2.46. The molecule has 0 unspecified atom stereocenters. The summed E-state index contributed by atoms with van der Waals surface area (Å²) in [6.07, 6.45) is 3.79. The molecule has 0 aliphatic heterocycles. The van der Waals surface area contributed by atoms with Gasteiger partial charge in [-0.2, -0.15) is 0 Å². The summed E-state index contributed by atoms with van der Waals surface area (Å²) >= 11 is 1.62. The van der Waals surface area contributed by atoms with Crippen LogP contribution in [0.3, 0.4) is 0 Å². The van der Waals surface area contributed by atoms with Crippen molar-refractivity contribution >= 4 is 17.3 Å². The molecule has 0 spiro atoms. The van der Waals surface area contributed by atoms with Crippen LogP contribution in [0, 0.1) is 5.92 Å². The first-order valence-electron chi connectivity index (χ1n) is 5.38. The van der Waals surface area contributed by atoms with Crippen LogP contribution in [0.5, 0.6) is 0 Å². The van der Waals surface area contributed by atoms with Gasteiger partial charge in [0.15, 0.2) is 0 Å². The molecular formula is C11H16N4S. The summed E-state index contributed by atoms with van der Waals surface area (Å²) in [5, 5.41) is 5.39. The Morgan fingerprint density at radius 3 is 3.00 bits per heavy atom. The van der Waals surface area contributed by atoms with E-state index in [0.717, 1.165) is 24.7 Å². The van der Waals surface area contributed by atoms with Gasteiger partial charge in [-0.05, 0) is 5.92 Å². The second-order valence-electron chi connectivity index (χ2n) is 4.13. The summed E-state index contributed by atoms with van der Waals surface area (Å²) in [7, 11) is 0. The Kier molecular flexibility index (Phi) is 3.56. The SMILES string of the molecule is CC(C)CNc1nccn1Cc1cscn1. The average Bonchev–Trinajstić information content (AvgIpc) is 2.87. The van der Waals surface area contributed by atoms with Crippen molar-refractivity contribution in [1.82, 2.24) is 14.5 Å². The van der Waals surface area contributed by atoms with E-state index in [1.165, 1.54) is 0 Å². The van der Waals surface area contributed by atoms with E-state index in [2.05, 4.69) is 39.1 Å². The maximum atomic E-state index is 4.30. The fraction of sp³-hybridized carbons (Fsp3) is 0.455. The quantitative estimate of drug-likeness (QED) is 0.867. The molecule has 0 atom stereocenters. The molecule has 0 aliphatic rings.